The number of carbonyl (C=O) groups excluding carboxylic acids is 1. The summed E-state index contributed by atoms with van der Waals surface area (Å²) in [5.74, 6) is 1.54. The number of hydrogen-bond donors (Lipinski definition) is 2. The lowest BCUT2D eigenvalue weighted by Gasteiger charge is -2.43. The summed E-state index contributed by atoms with van der Waals surface area (Å²) in [5, 5.41) is 3.17. The number of nitrogens with one attached hydrogen (secondary N) is 1. The van der Waals surface area contributed by atoms with Crippen molar-refractivity contribution in [1.82, 2.24) is 10.2 Å². The standard InChI is InChI=1S/C18H31N3O2/c19-17-12-2-1-3-13(17)9-14(8-12)18(22)20-10-16-11-21(6-7-23-16)15-4-5-15/h12-17H,1-11,19H2,(H,20,22). The van der Waals surface area contributed by atoms with E-state index in [-0.39, 0.29) is 17.9 Å². The predicted molar refractivity (Wildman–Crippen MR) is 88.9 cm³/mol. The van der Waals surface area contributed by atoms with Gasteiger partial charge in [-0.2, -0.15) is 0 Å². The highest BCUT2D eigenvalue weighted by molar-refractivity contribution is 5.78. The van der Waals surface area contributed by atoms with E-state index in [0.29, 0.717) is 24.4 Å². The summed E-state index contributed by atoms with van der Waals surface area (Å²) in [4.78, 5) is 15.1. The third-order valence-electron chi connectivity index (χ3n) is 6.52. The van der Waals surface area contributed by atoms with E-state index in [0.717, 1.165) is 38.6 Å². The lowest BCUT2D eigenvalue weighted by Crippen LogP contribution is -2.51. The summed E-state index contributed by atoms with van der Waals surface area (Å²) in [6.07, 6.45) is 8.54. The van der Waals surface area contributed by atoms with Crippen molar-refractivity contribution < 1.29 is 9.53 Å². The van der Waals surface area contributed by atoms with Gasteiger partial charge in [-0.15, -0.1) is 0 Å². The van der Waals surface area contributed by atoms with Crippen molar-refractivity contribution in [3.8, 4) is 0 Å². The van der Waals surface area contributed by atoms with Crippen molar-refractivity contribution in [1.29, 1.82) is 0 Å². The molecule has 5 heteroatoms. The van der Waals surface area contributed by atoms with Crippen LogP contribution in [-0.2, 0) is 9.53 Å². The minimum atomic E-state index is 0.165. The zero-order valence-electron chi connectivity index (χ0n) is 14.1. The van der Waals surface area contributed by atoms with E-state index in [4.69, 9.17) is 10.5 Å². The Balaban J connectivity index is 1.25. The highest BCUT2D eigenvalue weighted by Crippen LogP contribution is 2.41. The Morgan fingerprint density at radius 3 is 2.61 bits per heavy atom. The van der Waals surface area contributed by atoms with E-state index in [9.17, 15) is 4.79 Å². The van der Waals surface area contributed by atoms with Crippen LogP contribution < -0.4 is 11.1 Å². The molecular formula is C18H31N3O2. The molecule has 1 amide bonds. The average molecular weight is 321 g/mol. The second-order valence-corrected chi connectivity index (χ2v) is 8.16. The molecule has 0 radical (unpaired) electrons. The van der Waals surface area contributed by atoms with Crippen LogP contribution in [0.15, 0.2) is 0 Å². The minimum absolute atomic E-state index is 0.165. The Kier molecular flexibility index (Phi) is 4.61. The SMILES string of the molecule is NC1C2CCCC1CC(C(=O)NCC1CN(C3CC3)CCO1)C2. The molecule has 0 spiro atoms. The van der Waals surface area contributed by atoms with Gasteiger partial charge in [0.2, 0.25) is 5.91 Å². The van der Waals surface area contributed by atoms with Crippen molar-refractivity contribution in [2.75, 3.05) is 26.2 Å². The topological polar surface area (TPSA) is 67.6 Å². The third-order valence-corrected chi connectivity index (χ3v) is 6.52. The molecule has 4 fully saturated rings. The molecule has 130 valence electrons. The van der Waals surface area contributed by atoms with Gasteiger partial charge in [0, 0.05) is 37.6 Å². The highest BCUT2D eigenvalue weighted by atomic mass is 16.5. The van der Waals surface area contributed by atoms with Crippen LogP contribution in [0.3, 0.4) is 0 Å². The van der Waals surface area contributed by atoms with Gasteiger partial charge in [-0.25, -0.2) is 0 Å². The summed E-state index contributed by atoms with van der Waals surface area (Å²) < 4.78 is 5.84. The second kappa shape index (κ2) is 6.69. The molecule has 0 aromatic heterocycles. The average Bonchev–Trinajstić information content (AvgIpc) is 3.37. The molecular weight excluding hydrogens is 290 g/mol. The van der Waals surface area contributed by atoms with Crippen LogP contribution in [-0.4, -0.2) is 55.2 Å². The van der Waals surface area contributed by atoms with Gasteiger partial charge >= 0.3 is 0 Å². The van der Waals surface area contributed by atoms with E-state index in [1.54, 1.807) is 0 Å². The Hall–Kier alpha value is -0.650. The number of rotatable bonds is 4. The van der Waals surface area contributed by atoms with Gasteiger partial charge in [-0.3, -0.25) is 9.69 Å². The molecule has 3 atom stereocenters. The number of carbonyl (C=O) groups is 1. The number of nitrogens with two attached hydrogens (primary N) is 1. The summed E-state index contributed by atoms with van der Waals surface area (Å²) in [6, 6.07) is 1.12. The Labute approximate surface area is 139 Å². The van der Waals surface area contributed by atoms with Crippen LogP contribution in [0, 0.1) is 17.8 Å². The quantitative estimate of drug-likeness (QED) is 0.814. The fourth-order valence-corrected chi connectivity index (χ4v) is 5.00. The molecule has 3 saturated carbocycles. The van der Waals surface area contributed by atoms with E-state index in [1.807, 2.05) is 0 Å². The van der Waals surface area contributed by atoms with Crippen LogP contribution in [0.2, 0.25) is 0 Å². The Bertz CT molecular complexity index is 426. The monoisotopic (exact) mass is 321 g/mol. The number of hydrogen-bond acceptors (Lipinski definition) is 4. The van der Waals surface area contributed by atoms with Gasteiger partial charge in [0.1, 0.15) is 0 Å². The van der Waals surface area contributed by atoms with Crippen LogP contribution >= 0.6 is 0 Å². The zero-order valence-corrected chi connectivity index (χ0v) is 14.1. The van der Waals surface area contributed by atoms with Crippen molar-refractivity contribution in [3.63, 3.8) is 0 Å². The van der Waals surface area contributed by atoms with E-state index >= 15 is 0 Å². The molecule has 4 aliphatic rings. The number of nitrogens with zero attached hydrogens (tertiary/aromatic N) is 1. The normalized spacial score (nSPS) is 41.5. The van der Waals surface area contributed by atoms with Gasteiger partial charge in [-0.05, 0) is 50.4 Å². The highest BCUT2D eigenvalue weighted by Gasteiger charge is 2.40. The number of amides is 1. The summed E-state index contributed by atoms with van der Waals surface area (Å²) >= 11 is 0. The number of fused-ring (bicyclic) bond motifs is 2. The molecule has 0 aromatic carbocycles. The van der Waals surface area contributed by atoms with Gasteiger partial charge in [0.25, 0.3) is 0 Å². The summed E-state index contributed by atoms with van der Waals surface area (Å²) in [5.41, 5.74) is 6.33. The minimum Gasteiger partial charge on any atom is -0.374 e. The van der Waals surface area contributed by atoms with Crippen molar-refractivity contribution in [2.24, 2.45) is 23.5 Å². The fourth-order valence-electron chi connectivity index (χ4n) is 5.00. The summed E-state index contributed by atoms with van der Waals surface area (Å²) in [7, 11) is 0. The van der Waals surface area contributed by atoms with Crippen molar-refractivity contribution in [3.05, 3.63) is 0 Å². The Morgan fingerprint density at radius 1 is 1.17 bits per heavy atom. The largest absolute Gasteiger partial charge is 0.374 e. The first-order chi connectivity index (χ1) is 11.2. The van der Waals surface area contributed by atoms with Gasteiger partial charge in [0.15, 0.2) is 0 Å². The van der Waals surface area contributed by atoms with E-state index in [2.05, 4.69) is 10.2 Å². The molecule has 2 bridgehead atoms. The molecule has 5 nitrogen and oxygen atoms in total. The van der Waals surface area contributed by atoms with E-state index < -0.39 is 0 Å². The van der Waals surface area contributed by atoms with Crippen LogP contribution in [0.1, 0.15) is 44.9 Å². The lowest BCUT2D eigenvalue weighted by molar-refractivity contribution is -0.129. The first-order valence-electron chi connectivity index (χ1n) is 9.59. The number of morpholine rings is 1. The molecule has 1 aliphatic heterocycles. The molecule has 3 N–H and O–H groups in total. The van der Waals surface area contributed by atoms with Gasteiger partial charge in [0.05, 0.1) is 12.7 Å². The van der Waals surface area contributed by atoms with E-state index in [1.165, 1.54) is 32.1 Å². The lowest BCUT2D eigenvalue weighted by atomic mass is 9.65. The summed E-state index contributed by atoms with van der Waals surface area (Å²) in [6.45, 7) is 3.50. The maximum atomic E-state index is 12.6. The first-order valence-corrected chi connectivity index (χ1v) is 9.59. The van der Waals surface area contributed by atoms with Crippen LogP contribution in [0.25, 0.3) is 0 Å². The molecule has 3 aliphatic carbocycles. The van der Waals surface area contributed by atoms with Gasteiger partial charge in [-0.1, -0.05) is 6.42 Å². The molecule has 23 heavy (non-hydrogen) atoms. The molecule has 0 aromatic rings. The molecule has 3 unspecified atom stereocenters. The zero-order chi connectivity index (χ0) is 15.8. The Morgan fingerprint density at radius 2 is 1.91 bits per heavy atom. The van der Waals surface area contributed by atoms with Gasteiger partial charge < -0.3 is 15.8 Å². The second-order valence-electron chi connectivity index (χ2n) is 8.16. The smallest absolute Gasteiger partial charge is 0.223 e. The van der Waals surface area contributed by atoms with Crippen LogP contribution in [0.5, 0.6) is 0 Å². The van der Waals surface area contributed by atoms with Crippen molar-refractivity contribution in [2.45, 2.75) is 63.1 Å². The molecule has 4 rings (SSSR count). The van der Waals surface area contributed by atoms with Crippen molar-refractivity contribution >= 4 is 5.91 Å². The first kappa shape index (κ1) is 15.9. The molecule has 1 saturated heterocycles. The molecule has 1 heterocycles. The fraction of sp³-hybridized carbons (Fsp3) is 0.944. The maximum absolute atomic E-state index is 12.6. The number of ether oxygens (including phenoxy) is 1. The predicted octanol–water partition coefficient (Wildman–Crippen LogP) is 1.12. The van der Waals surface area contributed by atoms with Crippen LogP contribution in [0.4, 0.5) is 0 Å². The third kappa shape index (κ3) is 3.57. The maximum Gasteiger partial charge on any atom is 0.223 e.